The molecule has 2 rings (SSSR count). The van der Waals surface area contributed by atoms with Crippen LogP contribution in [-0.2, 0) is 5.75 Å². The van der Waals surface area contributed by atoms with Crippen LogP contribution in [0.25, 0.3) is 0 Å². The molecule has 1 aromatic rings. The lowest BCUT2D eigenvalue weighted by Gasteiger charge is -2.11. The van der Waals surface area contributed by atoms with Crippen LogP contribution in [0.3, 0.4) is 0 Å². The number of hydrogen-bond donors (Lipinski definition) is 0. The van der Waals surface area contributed by atoms with Crippen molar-refractivity contribution >= 4 is 18.3 Å². The zero-order valence-corrected chi connectivity index (χ0v) is 9.13. The lowest BCUT2D eigenvalue weighted by Crippen LogP contribution is -2.10. The summed E-state index contributed by atoms with van der Waals surface area (Å²) in [6, 6.07) is 8.70. The molecule has 2 nitrogen and oxygen atoms in total. The van der Waals surface area contributed by atoms with Gasteiger partial charge in [-0.1, -0.05) is 29.8 Å². The van der Waals surface area contributed by atoms with E-state index in [1.807, 2.05) is 18.3 Å². The fraction of sp³-hybridized carbons (Fsp3) is 0.364. The molecule has 0 amide bonds. The van der Waals surface area contributed by atoms with E-state index in [9.17, 15) is 0 Å². The predicted molar refractivity (Wildman–Crippen MR) is 62.5 cm³/mol. The molecule has 1 aliphatic heterocycles. The van der Waals surface area contributed by atoms with E-state index in [0.717, 1.165) is 18.8 Å². The average molecular weight is 206 g/mol. The highest BCUT2D eigenvalue weighted by Gasteiger charge is 2.05. The molecule has 14 heavy (non-hydrogen) atoms. The number of rotatable bonds is 3. The van der Waals surface area contributed by atoms with E-state index < -0.39 is 0 Å². The second kappa shape index (κ2) is 4.51. The van der Waals surface area contributed by atoms with Crippen molar-refractivity contribution < 1.29 is 0 Å². The Kier molecular flexibility index (Phi) is 3.09. The summed E-state index contributed by atoms with van der Waals surface area (Å²) < 4.78 is 2.19. The lowest BCUT2D eigenvalue weighted by molar-refractivity contribution is 0.747. The predicted octanol–water partition coefficient (Wildman–Crippen LogP) is 2.49. The van der Waals surface area contributed by atoms with Gasteiger partial charge in [0.1, 0.15) is 0 Å². The summed E-state index contributed by atoms with van der Waals surface area (Å²) in [4.78, 5) is 4.17. The Labute approximate surface area is 89.2 Å². The van der Waals surface area contributed by atoms with Crippen LogP contribution in [0, 0.1) is 6.92 Å². The quantitative estimate of drug-likeness (QED) is 0.706. The van der Waals surface area contributed by atoms with Crippen LogP contribution in [0.2, 0.25) is 0 Å². The molecule has 0 fully saturated rings. The molecular weight excluding hydrogens is 192 g/mol. The van der Waals surface area contributed by atoms with Crippen LogP contribution in [0.4, 0.5) is 0 Å². The van der Waals surface area contributed by atoms with Gasteiger partial charge in [0.05, 0.1) is 19.4 Å². The van der Waals surface area contributed by atoms with Crippen molar-refractivity contribution in [2.45, 2.75) is 12.7 Å². The Balaban J connectivity index is 1.85. The zero-order chi connectivity index (χ0) is 9.80. The minimum Gasteiger partial charge on any atom is -0.305 e. The molecule has 1 aliphatic rings. The summed E-state index contributed by atoms with van der Waals surface area (Å²) in [5.41, 5.74) is 2.70. The third kappa shape index (κ3) is 2.51. The molecule has 0 saturated carbocycles. The molecule has 0 aliphatic carbocycles. The molecule has 74 valence electrons. The highest BCUT2D eigenvalue weighted by molar-refractivity contribution is 7.96. The zero-order valence-electron chi connectivity index (χ0n) is 8.31. The SMILES string of the molecule is Cc1ccc(CSN2C=NCC2)cc1. The first-order valence-electron chi connectivity index (χ1n) is 4.80. The summed E-state index contributed by atoms with van der Waals surface area (Å²) in [6.45, 7) is 4.11. The van der Waals surface area contributed by atoms with Crippen molar-refractivity contribution in [2.24, 2.45) is 4.99 Å². The first-order chi connectivity index (χ1) is 6.84. The van der Waals surface area contributed by atoms with Crippen LogP contribution in [-0.4, -0.2) is 23.7 Å². The van der Waals surface area contributed by atoms with Crippen molar-refractivity contribution in [3.63, 3.8) is 0 Å². The van der Waals surface area contributed by atoms with Gasteiger partial charge in [0.2, 0.25) is 0 Å². The van der Waals surface area contributed by atoms with Crippen LogP contribution >= 0.6 is 11.9 Å². The Bertz CT molecular complexity index is 319. The number of hydrogen-bond acceptors (Lipinski definition) is 3. The fourth-order valence-electron chi connectivity index (χ4n) is 1.30. The highest BCUT2D eigenvalue weighted by Crippen LogP contribution is 2.17. The molecule has 0 N–H and O–H groups in total. The molecule has 0 aromatic heterocycles. The van der Waals surface area contributed by atoms with Gasteiger partial charge in [-0.3, -0.25) is 4.99 Å². The van der Waals surface area contributed by atoms with Crippen molar-refractivity contribution in [3.05, 3.63) is 35.4 Å². The summed E-state index contributed by atoms with van der Waals surface area (Å²) >= 11 is 1.83. The highest BCUT2D eigenvalue weighted by atomic mass is 32.2. The molecular formula is C11H14N2S. The molecule has 3 heteroatoms. The van der Waals surface area contributed by atoms with Crippen molar-refractivity contribution in [1.29, 1.82) is 0 Å². The average Bonchev–Trinajstić information content (AvgIpc) is 2.70. The molecule has 0 radical (unpaired) electrons. The number of benzene rings is 1. The molecule has 0 bridgehead atoms. The van der Waals surface area contributed by atoms with E-state index >= 15 is 0 Å². The van der Waals surface area contributed by atoms with E-state index in [1.165, 1.54) is 11.1 Å². The van der Waals surface area contributed by atoms with E-state index in [0.29, 0.717) is 0 Å². The summed E-state index contributed by atoms with van der Waals surface area (Å²) in [5.74, 6) is 1.03. The van der Waals surface area contributed by atoms with Crippen molar-refractivity contribution in [3.8, 4) is 0 Å². The first kappa shape index (κ1) is 9.59. The Morgan fingerprint density at radius 1 is 1.36 bits per heavy atom. The van der Waals surface area contributed by atoms with Gasteiger partial charge in [-0.25, -0.2) is 0 Å². The lowest BCUT2D eigenvalue weighted by atomic mass is 10.2. The monoisotopic (exact) mass is 206 g/mol. The van der Waals surface area contributed by atoms with Crippen LogP contribution in [0.1, 0.15) is 11.1 Å². The molecule has 1 heterocycles. The third-order valence-electron chi connectivity index (χ3n) is 2.18. The van der Waals surface area contributed by atoms with E-state index in [2.05, 4.69) is 40.5 Å². The Hall–Kier alpha value is -0.960. The second-order valence-electron chi connectivity index (χ2n) is 3.42. The van der Waals surface area contributed by atoms with Gasteiger partial charge >= 0.3 is 0 Å². The fourth-order valence-corrected chi connectivity index (χ4v) is 2.15. The van der Waals surface area contributed by atoms with E-state index in [4.69, 9.17) is 0 Å². The van der Waals surface area contributed by atoms with Gasteiger partial charge in [-0.05, 0) is 24.4 Å². The Morgan fingerprint density at radius 2 is 2.14 bits per heavy atom. The van der Waals surface area contributed by atoms with Gasteiger partial charge in [-0.15, -0.1) is 0 Å². The maximum Gasteiger partial charge on any atom is 0.0950 e. The second-order valence-corrected chi connectivity index (χ2v) is 4.44. The van der Waals surface area contributed by atoms with Crippen molar-refractivity contribution in [2.75, 3.05) is 13.1 Å². The maximum absolute atomic E-state index is 4.17. The van der Waals surface area contributed by atoms with Crippen LogP contribution in [0.15, 0.2) is 29.3 Å². The number of aryl methyl sites for hydroxylation is 1. The third-order valence-corrected chi connectivity index (χ3v) is 3.25. The molecule has 1 aromatic carbocycles. The first-order valence-corrected chi connectivity index (χ1v) is 5.74. The van der Waals surface area contributed by atoms with Gasteiger partial charge in [0, 0.05) is 5.75 Å². The van der Waals surface area contributed by atoms with Gasteiger partial charge in [0.15, 0.2) is 0 Å². The van der Waals surface area contributed by atoms with Gasteiger partial charge in [0.25, 0.3) is 0 Å². The molecule has 0 saturated heterocycles. The summed E-state index contributed by atoms with van der Waals surface area (Å²) in [5, 5.41) is 0. The van der Waals surface area contributed by atoms with Gasteiger partial charge in [-0.2, -0.15) is 0 Å². The molecule has 0 spiro atoms. The minimum absolute atomic E-state index is 0.945. The number of aliphatic imine (C=N–C) groups is 1. The van der Waals surface area contributed by atoms with E-state index in [1.54, 1.807) is 0 Å². The standard InChI is InChI=1S/C11H14N2S/c1-10-2-4-11(5-3-10)8-14-13-7-6-12-9-13/h2-5,9H,6-8H2,1H3. The number of nitrogens with zero attached hydrogens (tertiary/aromatic N) is 2. The van der Waals surface area contributed by atoms with Gasteiger partial charge < -0.3 is 4.31 Å². The minimum atomic E-state index is 0.945. The van der Waals surface area contributed by atoms with Crippen LogP contribution in [0.5, 0.6) is 0 Å². The van der Waals surface area contributed by atoms with Crippen molar-refractivity contribution in [1.82, 2.24) is 4.31 Å². The largest absolute Gasteiger partial charge is 0.305 e. The van der Waals surface area contributed by atoms with E-state index in [-0.39, 0.29) is 0 Å². The maximum atomic E-state index is 4.17. The smallest absolute Gasteiger partial charge is 0.0950 e. The normalized spacial score (nSPS) is 15.1. The summed E-state index contributed by atoms with van der Waals surface area (Å²) in [7, 11) is 0. The Morgan fingerprint density at radius 3 is 2.79 bits per heavy atom. The molecule has 0 unspecified atom stereocenters. The summed E-state index contributed by atoms with van der Waals surface area (Å²) in [6.07, 6.45) is 1.93. The molecule has 0 atom stereocenters. The van der Waals surface area contributed by atoms with Crippen LogP contribution < -0.4 is 0 Å². The topological polar surface area (TPSA) is 15.6 Å².